The molecule has 0 unspecified atom stereocenters. The maximum atomic E-state index is 11.2. The molecule has 0 fully saturated rings. The van der Waals surface area contributed by atoms with E-state index >= 15 is 0 Å². The summed E-state index contributed by atoms with van der Waals surface area (Å²) in [6.45, 7) is 0. The van der Waals surface area contributed by atoms with E-state index in [0.717, 1.165) is 5.56 Å². The number of hydrogen-bond acceptors (Lipinski definition) is 4. The number of rotatable bonds is 2. The number of azide groups is 1. The topological polar surface area (TPSA) is 91.6 Å². The van der Waals surface area contributed by atoms with Gasteiger partial charge in [-0.05, 0) is 22.8 Å². The zero-order valence-electron chi connectivity index (χ0n) is 7.94. The zero-order valence-corrected chi connectivity index (χ0v) is 8.76. The molecule has 2 aromatic rings. The molecule has 2 heterocycles. The largest absolute Gasteiger partial charge is 0.285 e. The van der Waals surface area contributed by atoms with Crippen LogP contribution in [0, 0.1) is 0 Å². The Labute approximate surface area is 94.2 Å². The van der Waals surface area contributed by atoms with Crippen molar-refractivity contribution >= 4 is 17.2 Å². The van der Waals surface area contributed by atoms with Crippen molar-refractivity contribution in [3.63, 3.8) is 0 Å². The number of hydrogen-bond donors (Lipinski definition) is 0. The van der Waals surface area contributed by atoms with Crippen LogP contribution in [0.5, 0.6) is 0 Å². The molecule has 0 saturated heterocycles. The van der Waals surface area contributed by atoms with Gasteiger partial charge in [0.25, 0.3) is 5.91 Å². The van der Waals surface area contributed by atoms with Gasteiger partial charge in [0.05, 0.1) is 0 Å². The van der Waals surface area contributed by atoms with Crippen molar-refractivity contribution in [1.82, 2.24) is 9.97 Å². The number of aromatic nitrogens is 2. The molecule has 2 rings (SSSR count). The summed E-state index contributed by atoms with van der Waals surface area (Å²) in [7, 11) is 0. The zero-order chi connectivity index (χ0) is 11.4. The molecule has 0 N–H and O–H groups in total. The monoisotopic (exact) mass is 231 g/mol. The van der Waals surface area contributed by atoms with E-state index in [0.29, 0.717) is 5.01 Å². The quantitative estimate of drug-likeness (QED) is 0.451. The van der Waals surface area contributed by atoms with E-state index in [-0.39, 0.29) is 5.69 Å². The molecule has 7 heteroatoms. The van der Waals surface area contributed by atoms with Crippen molar-refractivity contribution < 1.29 is 4.79 Å². The van der Waals surface area contributed by atoms with Gasteiger partial charge in [-0.1, -0.05) is 0 Å². The summed E-state index contributed by atoms with van der Waals surface area (Å²) in [5, 5.41) is 5.20. The normalized spacial score (nSPS) is 9.50. The Bertz CT molecular complexity index is 558. The molecular formula is C9H5N5OS. The van der Waals surface area contributed by atoms with Crippen LogP contribution in [-0.4, -0.2) is 15.9 Å². The van der Waals surface area contributed by atoms with Crippen molar-refractivity contribution in [2.45, 2.75) is 0 Å². The molecule has 16 heavy (non-hydrogen) atoms. The first-order chi connectivity index (χ1) is 7.81. The second kappa shape index (κ2) is 4.52. The Morgan fingerprint density at radius 2 is 2.44 bits per heavy atom. The number of carbonyl (C=O) groups excluding carboxylic acids is 1. The minimum absolute atomic E-state index is 0.154. The molecule has 0 bridgehead atoms. The van der Waals surface area contributed by atoms with Crippen molar-refractivity contribution in [1.29, 1.82) is 0 Å². The molecule has 6 nitrogen and oxygen atoms in total. The molecule has 0 atom stereocenters. The SMILES string of the molecule is [N-]=[N+]=NC(=O)c1csc(-c2cccnc2)n1. The van der Waals surface area contributed by atoms with Crippen molar-refractivity contribution in [3.05, 3.63) is 46.0 Å². The molecule has 0 aliphatic carbocycles. The van der Waals surface area contributed by atoms with Gasteiger partial charge in [-0.2, -0.15) is 0 Å². The summed E-state index contributed by atoms with van der Waals surface area (Å²) >= 11 is 1.30. The fourth-order valence-electron chi connectivity index (χ4n) is 1.09. The average Bonchev–Trinajstić information content (AvgIpc) is 2.80. The number of nitrogens with zero attached hydrogens (tertiary/aromatic N) is 5. The van der Waals surface area contributed by atoms with E-state index in [1.54, 1.807) is 23.8 Å². The molecule has 78 valence electrons. The first kappa shape index (κ1) is 10.3. The fourth-order valence-corrected chi connectivity index (χ4v) is 1.87. The highest BCUT2D eigenvalue weighted by molar-refractivity contribution is 7.13. The Morgan fingerprint density at radius 3 is 3.12 bits per heavy atom. The minimum Gasteiger partial charge on any atom is -0.285 e. The van der Waals surface area contributed by atoms with Gasteiger partial charge in [0.2, 0.25) is 0 Å². The number of carbonyl (C=O) groups is 1. The molecular weight excluding hydrogens is 226 g/mol. The summed E-state index contributed by atoms with van der Waals surface area (Å²) in [5.41, 5.74) is 9.11. The van der Waals surface area contributed by atoms with E-state index in [9.17, 15) is 4.79 Å². The first-order valence-electron chi connectivity index (χ1n) is 4.26. The predicted molar refractivity (Wildman–Crippen MR) is 58.8 cm³/mol. The summed E-state index contributed by atoms with van der Waals surface area (Å²) in [6.07, 6.45) is 3.31. The standard InChI is InChI=1S/C9H5N5OS/c10-14-13-8(15)7-5-16-9(12-7)6-2-1-3-11-4-6/h1-5H. The Hall–Kier alpha value is -2.24. The Kier molecular flexibility index (Phi) is 2.90. The van der Waals surface area contributed by atoms with E-state index in [1.165, 1.54) is 11.3 Å². The van der Waals surface area contributed by atoms with E-state index in [1.807, 2.05) is 6.07 Å². The number of amides is 1. The molecule has 0 spiro atoms. The third-order valence-corrected chi connectivity index (χ3v) is 2.66. The van der Waals surface area contributed by atoms with Crippen LogP contribution in [0.2, 0.25) is 0 Å². The molecule has 0 aromatic carbocycles. The summed E-state index contributed by atoms with van der Waals surface area (Å²) in [4.78, 5) is 21.6. The van der Waals surface area contributed by atoms with Gasteiger partial charge >= 0.3 is 0 Å². The minimum atomic E-state index is -0.672. The maximum Gasteiger partial charge on any atom is 0.268 e. The third kappa shape index (κ3) is 2.05. The van der Waals surface area contributed by atoms with Crippen LogP contribution in [0.4, 0.5) is 0 Å². The lowest BCUT2D eigenvalue weighted by atomic mass is 10.3. The van der Waals surface area contributed by atoms with Crippen LogP contribution in [0.25, 0.3) is 21.0 Å². The van der Waals surface area contributed by atoms with Crippen molar-refractivity contribution in [2.24, 2.45) is 5.11 Å². The Balaban J connectivity index is 2.33. The molecule has 0 radical (unpaired) electrons. The predicted octanol–water partition coefficient (Wildman–Crippen LogP) is 2.66. The first-order valence-corrected chi connectivity index (χ1v) is 5.14. The second-order valence-electron chi connectivity index (χ2n) is 2.77. The lowest BCUT2D eigenvalue weighted by Crippen LogP contribution is -1.93. The van der Waals surface area contributed by atoms with Crippen LogP contribution in [0.15, 0.2) is 35.0 Å². The molecule has 0 aliphatic heterocycles. The summed E-state index contributed by atoms with van der Waals surface area (Å²) in [6, 6.07) is 3.62. The van der Waals surface area contributed by atoms with Crippen LogP contribution < -0.4 is 0 Å². The number of thiazole rings is 1. The van der Waals surface area contributed by atoms with Crippen molar-refractivity contribution in [2.75, 3.05) is 0 Å². The molecule has 1 amide bonds. The van der Waals surface area contributed by atoms with Gasteiger partial charge < -0.3 is 0 Å². The van der Waals surface area contributed by atoms with Gasteiger partial charge in [0.1, 0.15) is 10.7 Å². The molecule has 0 aliphatic rings. The maximum absolute atomic E-state index is 11.2. The van der Waals surface area contributed by atoms with E-state index < -0.39 is 5.91 Å². The van der Waals surface area contributed by atoms with Crippen LogP contribution in [0.3, 0.4) is 0 Å². The second-order valence-corrected chi connectivity index (χ2v) is 3.63. The fraction of sp³-hybridized carbons (Fsp3) is 0. The van der Waals surface area contributed by atoms with Gasteiger partial charge in [-0.25, -0.2) is 4.98 Å². The highest BCUT2D eigenvalue weighted by Crippen LogP contribution is 2.22. The Morgan fingerprint density at radius 1 is 1.56 bits per heavy atom. The van der Waals surface area contributed by atoms with Gasteiger partial charge in [0, 0.05) is 28.2 Å². The summed E-state index contributed by atoms with van der Waals surface area (Å²) < 4.78 is 0. The summed E-state index contributed by atoms with van der Waals surface area (Å²) in [5.74, 6) is -0.672. The average molecular weight is 231 g/mol. The lowest BCUT2D eigenvalue weighted by Gasteiger charge is -1.92. The van der Waals surface area contributed by atoms with Gasteiger partial charge in [0.15, 0.2) is 0 Å². The molecule has 2 aromatic heterocycles. The smallest absolute Gasteiger partial charge is 0.268 e. The van der Waals surface area contributed by atoms with Crippen LogP contribution in [0.1, 0.15) is 10.5 Å². The van der Waals surface area contributed by atoms with E-state index in [2.05, 4.69) is 20.0 Å². The highest BCUT2D eigenvalue weighted by atomic mass is 32.1. The third-order valence-electron chi connectivity index (χ3n) is 1.77. The van der Waals surface area contributed by atoms with Crippen LogP contribution in [-0.2, 0) is 0 Å². The van der Waals surface area contributed by atoms with Gasteiger partial charge in [-0.15, -0.1) is 11.3 Å². The van der Waals surface area contributed by atoms with Gasteiger partial charge in [-0.3, -0.25) is 9.78 Å². The number of pyridine rings is 1. The molecule has 0 saturated carbocycles. The highest BCUT2D eigenvalue weighted by Gasteiger charge is 2.09. The van der Waals surface area contributed by atoms with Crippen molar-refractivity contribution in [3.8, 4) is 10.6 Å². The lowest BCUT2D eigenvalue weighted by molar-refractivity contribution is 0.0996. The van der Waals surface area contributed by atoms with Crippen LogP contribution >= 0.6 is 11.3 Å². The van der Waals surface area contributed by atoms with E-state index in [4.69, 9.17) is 5.53 Å².